The van der Waals surface area contributed by atoms with Crippen LogP contribution in [-0.4, -0.2) is 27.1 Å². The number of carbonyl (C=O) groups excluding carboxylic acids is 1. The van der Waals surface area contributed by atoms with E-state index in [1.165, 1.54) is 5.56 Å². The van der Waals surface area contributed by atoms with Crippen molar-refractivity contribution in [3.63, 3.8) is 0 Å². The predicted molar refractivity (Wildman–Crippen MR) is 101 cm³/mol. The fourth-order valence-electron chi connectivity index (χ4n) is 2.72. The van der Waals surface area contributed by atoms with Crippen LogP contribution in [0.15, 0.2) is 61.2 Å². The van der Waals surface area contributed by atoms with Crippen LogP contribution in [0.2, 0.25) is 0 Å². The van der Waals surface area contributed by atoms with Gasteiger partial charge in [-0.3, -0.25) is 4.98 Å². The molecule has 0 unspecified atom stereocenters. The van der Waals surface area contributed by atoms with Gasteiger partial charge in [-0.2, -0.15) is 0 Å². The van der Waals surface area contributed by atoms with Crippen LogP contribution in [0.25, 0.3) is 0 Å². The van der Waals surface area contributed by atoms with Crippen molar-refractivity contribution < 1.29 is 4.79 Å². The van der Waals surface area contributed by atoms with Gasteiger partial charge < -0.3 is 15.2 Å². The van der Waals surface area contributed by atoms with Gasteiger partial charge in [0.2, 0.25) is 0 Å². The van der Waals surface area contributed by atoms with Gasteiger partial charge in [0.1, 0.15) is 5.82 Å². The summed E-state index contributed by atoms with van der Waals surface area (Å²) >= 11 is 0. The van der Waals surface area contributed by atoms with E-state index in [-0.39, 0.29) is 6.03 Å². The topological polar surface area (TPSA) is 71.8 Å². The Hall–Kier alpha value is -3.15. The summed E-state index contributed by atoms with van der Waals surface area (Å²) in [6.07, 6.45) is 8.07. The number of urea groups is 1. The summed E-state index contributed by atoms with van der Waals surface area (Å²) in [5, 5.41) is 5.78. The largest absolute Gasteiger partial charge is 0.338 e. The first-order valence-electron chi connectivity index (χ1n) is 8.67. The number of hydrogen-bond donors (Lipinski definition) is 2. The Morgan fingerprint density at radius 1 is 1.04 bits per heavy atom. The first kappa shape index (κ1) is 17.7. The zero-order valence-electron chi connectivity index (χ0n) is 14.9. The average Bonchev–Trinajstić information content (AvgIpc) is 3.06. The summed E-state index contributed by atoms with van der Waals surface area (Å²) in [4.78, 5) is 20.2. The Bertz CT molecular complexity index is 844. The van der Waals surface area contributed by atoms with Gasteiger partial charge in [-0.1, -0.05) is 24.3 Å². The lowest BCUT2D eigenvalue weighted by Crippen LogP contribution is -2.36. The number of imidazole rings is 1. The van der Waals surface area contributed by atoms with Gasteiger partial charge in [0, 0.05) is 44.4 Å². The van der Waals surface area contributed by atoms with Crippen LogP contribution in [-0.2, 0) is 19.5 Å². The first-order chi connectivity index (χ1) is 12.7. The summed E-state index contributed by atoms with van der Waals surface area (Å²) in [5.74, 6) is 0.988. The van der Waals surface area contributed by atoms with E-state index < -0.39 is 0 Å². The fourth-order valence-corrected chi connectivity index (χ4v) is 2.72. The maximum absolute atomic E-state index is 11.9. The number of hydrogen-bond acceptors (Lipinski definition) is 3. The van der Waals surface area contributed by atoms with Gasteiger partial charge in [0.05, 0.1) is 0 Å². The standard InChI is InChI=1S/C20H23N5O/c1-16-22-11-12-25(16)15-19-4-2-3-18(13-19)14-24-20(26)23-10-7-17-5-8-21-9-6-17/h2-6,8-9,11-13H,7,10,14-15H2,1H3,(H2,23,24,26). The summed E-state index contributed by atoms with van der Waals surface area (Å²) in [6, 6.07) is 12.0. The average molecular weight is 349 g/mol. The molecule has 134 valence electrons. The highest BCUT2D eigenvalue weighted by molar-refractivity contribution is 5.73. The van der Waals surface area contributed by atoms with Crippen molar-refractivity contribution in [2.45, 2.75) is 26.4 Å². The van der Waals surface area contributed by atoms with Crippen LogP contribution in [0, 0.1) is 6.92 Å². The molecule has 0 aliphatic heterocycles. The van der Waals surface area contributed by atoms with Crippen LogP contribution in [0.1, 0.15) is 22.5 Å². The highest BCUT2D eigenvalue weighted by atomic mass is 16.2. The van der Waals surface area contributed by atoms with Gasteiger partial charge in [0.15, 0.2) is 0 Å². The van der Waals surface area contributed by atoms with E-state index in [1.807, 2.05) is 37.4 Å². The number of aryl methyl sites for hydroxylation is 1. The normalized spacial score (nSPS) is 10.5. The lowest BCUT2D eigenvalue weighted by molar-refractivity contribution is 0.240. The van der Waals surface area contributed by atoms with E-state index in [0.29, 0.717) is 13.1 Å². The van der Waals surface area contributed by atoms with Gasteiger partial charge in [-0.15, -0.1) is 0 Å². The van der Waals surface area contributed by atoms with Crippen LogP contribution in [0.3, 0.4) is 0 Å². The van der Waals surface area contributed by atoms with Crippen molar-refractivity contribution in [1.29, 1.82) is 0 Å². The minimum Gasteiger partial charge on any atom is -0.338 e. The molecule has 0 atom stereocenters. The molecule has 2 aromatic heterocycles. The van der Waals surface area contributed by atoms with Crippen LogP contribution < -0.4 is 10.6 Å². The molecule has 0 bridgehead atoms. The Labute approximate surface area is 153 Å². The van der Waals surface area contributed by atoms with Crippen molar-refractivity contribution in [3.05, 3.63) is 83.7 Å². The number of pyridine rings is 1. The first-order valence-corrected chi connectivity index (χ1v) is 8.67. The molecule has 3 aromatic rings. The van der Waals surface area contributed by atoms with Crippen molar-refractivity contribution in [2.75, 3.05) is 6.54 Å². The monoisotopic (exact) mass is 349 g/mol. The summed E-state index contributed by atoms with van der Waals surface area (Å²) < 4.78 is 2.10. The molecular weight excluding hydrogens is 326 g/mol. The molecule has 2 amide bonds. The SMILES string of the molecule is Cc1nccn1Cc1cccc(CNC(=O)NCCc2ccncc2)c1. The predicted octanol–water partition coefficient (Wildman–Crippen LogP) is 2.68. The Balaban J connectivity index is 1.44. The number of nitrogens with zero attached hydrogens (tertiary/aromatic N) is 3. The molecule has 6 nitrogen and oxygen atoms in total. The molecule has 2 N–H and O–H groups in total. The summed E-state index contributed by atoms with van der Waals surface area (Å²) in [6.45, 7) is 3.85. The molecule has 1 aromatic carbocycles. The van der Waals surface area contributed by atoms with Crippen molar-refractivity contribution in [2.24, 2.45) is 0 Å². The Kier molecular flexibility index (Phi) is 5.98. The van der Waals surface area contributed by atoms with Crippen LogP contribution >= 0.6 is 0 Å². The highest BCUT2D eigenvalue weighted by Crippen LogP contribution is 2.08. The molecule has 0 aliphatic rings. The van der Waals surface area contributed by atoms with Crippen LogP contribution in [0.4, 0.5) is 4.79 Å². The highest BCUT2D eigenvalue weighted by Gasteiger charge is 2.03. The van der Waals surface area contributed by atoms with E-state index in [9.17, 15) is 4.79 Å². The second kappa shape index (κ2) is 8.80. The number of nitrogens with one attached hydrogen (secondary N) is 2. The number of amides is 2. The van der Waals surface area contributed by atoms with E-state index >= 15 is 0 Å². The molecule has 3 rings (SSSR count). The van der Waals surface area contributed by atoms with Crippen molar-refractivity contribution >= 4 is 6.03 Å². The smallest absolute Gasteiger partial charge is 0.315 e. The minimum absolute atomic E-state index is 0.157. The molecule has 0 fully saturated rings. The molecule has 0 aliphatic carbocycles. The fraction of sp³-hybridized carbons (Fsp3) is 0.250. The van der Waals surface area contributed by atoms with E-state index in [1.54, 1.807) is 18.6 Å². The van der Waals surface area contributed by atoms with Gasteiger partial charge in [-0.05, 0) is 42.2 Å². The van der Waals surface area contributed by atoms with E-state index in [2.05, 4.69) is 37.3 Å². The van der Waals surface area contributed by atoms with Crippen LogP contribution in [0.5, 0.6) is 0 Å². The molecule has 0 saturated heterocycles. The third kappa shape index (κ3) is 5.17. The van der Waals surface area contributed by atoms with Gasteiger partial charge >= 0.3 is 6.03 Å². The second-order valence-corrected chi connectivity index (χ2v) is 6.14. The summed E-state index contributed by atoms with van der Waals surface area (Å²) in [7, 11) is 0. The number of carbonyl (C=O) groups is 1. The van der Waals surface area contributed by atoms with E-state index in [0.717, 1.165) is 29.9 Å². The summed E-state index contributed by atoms with van der Waals surface area (Å²) in [5.41, 5.74) is 3.41. The molecule has 0 radical (unpaired) electrons. The molecule has 0 saturated carbocycles. The lowest BCUT2D eigenvalue weighted by Gasteiger charge is -2.10. The third-order valence-corrected chi connectivity index (χ3v) is 4.17. The Morgan fingerprint density at radius 2 is 1.85 bits per heavy atom. The van der Waals surface area contributed by atoms with Crippen molar-refractivity contribution in [1.82, 2.24) is 25.2 Å². The van der Waals surface area contributed by atoms with E-state index in [4.69, 9.17) is 0 Å². The molecular formula is C20H23N5O. The maximum atomic E-state index is 11.9. The molecule has 2 heterocycles. The van der Waals surface area contributed by atoms with Gasteiger partial charge in [-0.25, -0.2) is 9.78 Å². The molecule has 26 heavy (non-hydrogen) atoms. The van der Waals surface area contributed by atoms with Crippen molar-refractivity contribution in [3.8, 4) is 0 Å². The lowest BCUT2D eigenvalue weighted by atomic mass is 10.1. The third-order valence-electron chi connectivity index (χ3n) is 4.17. The maximum Gasteiger partial charge on any atom is 0.315 e. The minimum atomic E-state index is -0.157. The Morgan fingerprint density at radius 3 is 2.62 bits per heavy atom. The zero-order valence-corrected chi connectivity index (χ0v) is 14.9. The number of benzene rings is 1. The quantitative estimate of drug-likeness (QED) is 0.689. The number of rotatable bonds is 7. The van der Waals surface area contributed by atoms with Gasteiger partial charge in [0.25, 0.3) is 0 Å². The number of aromatic nitrogens is 3. The zero-order chi connectivity index (χ0) is 18.2. The molecule has 6 heteroatoms. The second-order valence-electron chi connectivity index (χ2n) is 6.14. The molecule has 0 spiro atoms.